The van der Waals surface area contributed by atoms with Crippen LogP contribution in [0.5, 0.6) is 0 Å². The number of carbonyl (C=O) groups is 3. The number of hydrogen-bond acceptors (Lipinski definition) is 6. The number of nitro benzene ring substituents is 1. The third kappa shape index (κ3) is 4.01. The molecule has 4 aliphatic carbocycles. The predicted octanol–water partition coefficient (Wildman–Crippen LogP) is 6.22. The lowest BCUT2D eigenvalue weighted by Gasteiger charge is -2.57. The van der Waals surface area contributed by atoms with Gasteiger partial charge in [-0.25, -0.2) is 9.69 Å². The second-order valence-corrected chi connectivity index (χ2v) is 12.0. The highest BCUT2D eigenvalue weighted by atomic mass is 16.6. The molecule has 5 aliphatic rings. The van der Waals surface area contributed by atoms with Gasteiger partial charge in [0.25, 0.3) is 17.5 Å². The van der Waals surface area contributed by atoms with Gasteiger partial charge in [-0.15, -0.1) is 0 Å². The molecule has 8 nitrogen and oxygen atoms in total. The van der Waals surface area contributed by atoms with E-state index in [1.54, 1.807) is 18.2 Å². The van der Waals surface area contributed by atoms with Crippen molar-refractivity contribution in [3.05, 3.63) is 105 Å². The number of amides is 2. The Bertz CT molecular complexity index is 1540. The topological polar surface area (TPSA) is 107 Å². The van der Waals surface area contributed by atoms with E-state index < -0.39 is 16.8 Å². The summed E-state index contributed by atoms with van der Waals surface area (Å²) >= 11 is 0. The van der Waals surface area contributed by atoms with E-state index in [-0.39, 0.29) is 29.2 Å². The number of nitro groups is 1. The summed E-state index contributed by atoms with van der Waals surface area (Å²) in [5, 5.41) is 10.8. The fourth-order valence-electron chi connectivity index (χ4n) is 7.99. The second kappa shape index (κ2) is 9.11. The Morgan fingerprint density at radius 3 is 2.17 bits per heavy atom. The molecule has 0 radical (unpaired) electrons. The van der Waals surface area contributed by atoms with E-state index in [1.807, 2.05) is 12.1 Å². The van der Waals surface area contributed by atoms with Crippen LogP contribution in [-0.4, -0.2) is 22.7 Å². The van der Waals surface area contributed by atoms with Crippen molar-refractivity contribution in [1.29, 1.82) is 0 Å². The Balaban J connectivity index is 1.10. The van der Waals surface area contributed by atoms with Gasteiger partial charge >= 0.3 is 5.97 Å². The highest BCUT2D eigenvalue weighted by molar-refractivity contribution is 6.34. The van der Waals surface area contributed by atoms with Crippen molar-refractivity contribution in [2.45, 2.75) is 50.5 Å². The molecule has 40 heavy (non-hydrogen) atoms. The van der Waals surface area contributed by atoms with Crippen molar-refractivity contribution in [3.63, 3.8) is 0 Å². The number of hydrogen-bond donors (Lipinski definition) is 0. The Labute approximate surface area is 231 Å². The molecule has 3 aromatic carbocycles. The molecular formula is C32H28N2O6. The molecule has 2 amide bonds. The summed E-state index contributed by atoms with van der Waals surface area (Å²) in [6.45, 7) is -0.0683. The lowest BCUT2D eigenvalue weighted by atomic mass is 9.48. The fourth-order valence-corrected chi connectivity index (χ4v) is 7.99. The van der Waals surface area contributed by atoms with Crippen LogP contribution >= 0.6 is 0 Å². The number of carbonyl (C=O) groups excluding carboxylic acids is 3. The molecule has 202 valence electrons. The third-order valence-electron chi connectivity index (χ3n) is 9.39. The van der Waals surface area contributed by atoms with E-state index in [0.717, 1.165) is 22.7 Å². The maximum Gasteiger partial charge on any atom is 0.338 e. The van der Waals surface area contributed by atoms with Crippen LogP contribution < -0.4 is 4.90 Å². The van der Waals surface area contributed by atoms with Crippen LogP contribution in [0.2, 0.25) is 0 Å². The maximum absolute atomic E-state index is 13.6. The molecule has 0 atom stereocenters. The molecule has 1 aliphatic heterocycles. The van der Waals surface area contributed by atoms with Gasteiger partial charge in [-0.1, -0.05) is 12.1 Å². The summed E-state index contributed by atoms with van der Waals surface area (Å²) in [6, 6.07) is 17.9. The Morgan fingerprint density at radius 1 is 0.875 bits per heavy atom. The maximum atomic E-state index is 13.6. The van der Waals surface area contributed by atoms with Crippen LogP contribution in [-0.2, 0) is 16.8 Å². The minimum atomic E-state index is -0.624. The molecule has 4 fully saturated rings. The first-order valence-corrected chi connectivity index (χ1v) is 13.8. The van der Waals surface area contributed by atoms with Gasteiger partial charge in [0.15, 0.2) is 0 Å². The number of anilines is 1. The Kier molecular flexibility index (Phi) is 5.63. The van der Waals surface area contributed by atoms with E-state index in [4.69, 9.17) is 4.74 Å². The number of rotatable bonds is 6. The minimum Gasteiger partial charge on any atom is -0.457 e. The summed E-state index contributed by atoms with van der Waals surface area (Å²) in [5.74, 6) is 0.932. The molecule has 0 aromatic heterocycles. The lowest BCUT2D eigenvalue weighted by molar-refractivity contribution is -0.384. The smallest absolute Gasteiger partial charge is 0.338 e. The zero-order valence-electron chi connectivity index (χ0n) is 21.9. The molecule has 0 unspecified atom stereocenters. The normalized spacial score (nSPS) is 26.2. The van der Waals surface area contributed by atoms with Crippen molar-refractivity contribution in [1.82, 2.24) is 0 Å². The first-order valence-electron chi connectivity index (χ1n) is 13.8. The number of benzene rings is 3. The number of ether oxygens (including phenoxy) is 1. The number of esters is 1. The van der Waals surface area contributed by atoms with Crippen molar-refractivity contribution in [2.75, 3.05) is 4.90 Å². The molecule has 8 heteroatoms. The van der Waals surface area contributed by atoms with E-state index >= 15 is 0 Å². The zero-order valence-corrected chi connectivity index (χ0v) is 21.9. The van der Waals surface area contributed by atoms with Gasteiger partial charge in [0.05, 0.1) is 27.3 Å². The third-order valence-corrected chi connectivity index (χ3v) is 9.39. The average Bonchev–Trinajstić information content (AvgIpc) is 3.20. The quantitative estimate of drug-likeness (QED) is 0.160. The van der Waals surface area contributed by atoms with E-state index in [0.29, 0.717) is 22.4 Å². The lowest BCUT2D eigenvalue weighted by Crippen LogP contribution is -2.48. The fraction of sp³-hybridized carbons (Fsp3) is 0.344. The standard InChI is InChI=1S/C32H28N2O6/c35-29-27-9-6-24(32-15-20-10-21(16-32)12-22(11-20)17-32)14-28(27)30(36)33(29)26-3-1-2-23(13-26)31(37)40-18-19-4-7-25(8-5-19)34(38)39/h1-9,13-14,20-22H,10-12,15-18H2. The molecule has 0 N–H and O–H groups in total. The van der Waals surface area contributed by atoms with Gasteiger partial charge in [-0.2, -0.15) is 0 Å². The van der Waals surface area contributed by atoms with E-state index in [1.165, 1.54) is 74.4 Å². The molecule has 8 rings (SSSR count). The van der Waals surface area contributed by atoms with Gasteiger partial charge in [0.2, 0.25) is 0 Å². The molecule has 1 heterocycles. The van der Waals surface area contributed by atoms with Gasteiger partial charge in [0, 0.05) is 12.1 Å². The Hall–Kier alpha value is -4.33. The number of non-ortho nitro benzene ring substituents is 1. The van der Waals surface area contributed by atoms with E-state index in [9.17, 15) is 24.5 Å². The van der Waals surface area contributed by atoms with E-state index in [2.05, 4.69) is 6.07 Å². The van der Waals surface area contributed by atoms with Gasteiger partial charge in [0.1, 0.15) is 6.61 Å². The monoisotopic (exact) mass is 536 g/mol. The summed E-state index contributed by atoms with van der Waals surface area (Å²) in [6.07, 6.45) is 7.53. The van der Waals surface area contributed by atoms with Crippen LogP contribution in [0.25, 0.3) is 0 Å². The SMILES string of the molecule is O=C(OCc1ccc([N+](=O)[O-])cc1)c1cccc(N2C(=O)c3ccc(C45CC6CC(CC(C6)C4)C5)cc3C2=O)c1. The summed E-state index contributed by atoms with van der Waals surface area (Å²) < 4.78 is 5.38. The van der Waals surface area contributed by atoms with Gasteiger partial charge in [-0.05, 0) is 115 Å². The molecule has 0 saturated heterocycles. The second-order valence-electron chi connectivity index (χ2n) is 12.0. The molecular weight excluding hydrogens is 508 g/mol. The summed E-state index contributed by atoms with van der Waals surface area (Å²) in [4.78, 5) is 51.2. The average molecular weight is 537 g/mol. The zero-order chi connectivity index (χ0) is 27.6. The van der Waals surface area contributed by atoms with Crippen molar-refractivity contribution in [3.8, 4) is 0 Å². The molecule has 3 aromatic rings. The summed E-state index contributed by atoms with van der Waals surface area (Å²) in [7, 11) is 0. The highest BCUT2D eigenvalue weighted by Crippen LogP contribution is 2.60. The first kappa shape index (κ1) is 24.7. The molecule has 4 saturated carbocycles. The molecule has 0 spiro atoms. The predicted molar refractivity (Wildman–Crippen MR) is 146 cm³/mol. The van der Waals surface area contributed by atoms with Crippen LogP contribution in [0.3, 0.4) is 0 Å². The van der Waals surface area contributed by atoms with Gasteiger partial charge in [-0.3, -0.25) is 19.7 Å². The van der Waals surface area contributed by atoms with Crippen molar-refractivity contribution in [2.24, 2.45) is 17.8 Å². The van der Waals surface area contributed by atoms with Gasteiger partial charge < -0.3 is 4.74 Å². The largest absolute Gasteiger partial charge is 0.457 e. The summed E-state index contributed by atoms with van der Waals surface area (Å²) in [5.41, 5.74) is 3.20. The first-order chi connectivity index (χ1) is 19.3. The van der Waals surface area contributed by atoms with Crippen LogP contribution in [0.4, 0.5) is 11.4 Å². The van der Waals surface area contributed by atoms with Crippen LogP contribution in [0.15, 0.2) is 66.7 Å². The van der Waals surface area contributed by atoms with Crippen molar-refractivity contribution >= 4 is 29.2 Å². The van der Waals surface area contributed by atoms with Crippen LogP contribution in [0, 0.1) is 27.9 Å². The Morgan fingerprint density at radius 2 is 1.52 bits per heavy atom. The van der Waals surface area contributed by atoms with Crippen molar-refractivity contribution < 1.29 is 24.0 Å². The molecule has 4 bridgehead atoms. The van der Waals surface area contributed by atoms with Crippen LogP contribution in [0.1, 0.15) is 80.7 Å². The number of nitrogens with zero attached hydrogens (tertiary/aromatic N) is 2. The minimum absolute atomic E-state index is 0.0474. The number of fused-ring (bicyclic) bond motifs is 1. The number of imide groups is 1. The highest BCUT2D eigenvalue weighted by Gasteiger charge is 2.52.